The van der Waals surface area contributed by atoms with Crippen molar-refractivity contribution < 1.29 is 9.53 Å². The van der Waals surface area contributed by atoms with E-state index in [9.17, 15) is 4.79 Å². The lowest BCUT2D eigenvalue weighted by molar-refractivity contribution is -0.0426. The zero-order valence-electron chi connectivity index (χ0n) is 9.22. The van der Waals surface area contributed by atoms with Gasteiger partial charge in [-0.2, -0.15) is 5.10 Å². The summed E-state index contributed by atoms with van der Waals surface area (Å²) in [5.74, 6) is -0.0250. The Kier molecular flexibility index (Phi) is 3.21. The van der Waals surface area contributed by atoms with Crippen LogP contribution in [-0.2, 0) is 4.74 Å². The standard InChI is InChI=1S/C10H16N4O2/c1-7-6-16-9(2-11)5-14(7)10(15)8-3-12-13-4-8/h3-4,7,9H,2,5-6,11H2,1H3,(H,12,13). The first-order chi connectivity index (χ1) is 7.72. The summed E-state index contributed by atoms with van der Waals surface area (Å²) in [6.45, 7) is 3.47. The van der Waals surface area contributed by atoms with Crippen LogP contribution >= 0.6 is 0 Å². The van der Waals surface area contributed by atoms with Gasteiger partial charge in [0.2, 0.25) is 0 Å². The van der Waals surface area contributed by atoms with Gasteiger partial charge in [0.25, 0.3) is 5.91 Å². The molecule has 0 bridgehead atoms. The molecule has 16 heavy (non-hydrogen) atoms. The van der Waals surface area contributed by atoms with Crippen LogP contribution in [0.5, 0.6) is 0 Å². The molecule has 2 heterocycles. The minimum absolute atomic E-state index is 0.0250. The topological polar surface area (TPSA) is 84.2 Å². The first-order valence-corrected chi connectivity index (χ1v) is 5.33. The largest absolute Gasteiger partial charge is 0.373 e. The molecule has 1 saturated heterocycles. The number of nitrogens with two attached hydrogens (primary N) is 1. The molecule has 2 atom stereocenters. The zero-order valence-corrected chi connectivity index (χ0v) is 9.22. The van der Waals surface area contributed by atoms with Gasteiger partial charge in [0, 0.05) is 19.3 Å². The lowest BCUT2D eigenvalue weighted by Gasteiger charge is -2.37. The second-order valence-corrected chi connectivity index (χ2v) is 3.98. The predicted octanol–water partition coefficient (Wildman–Crippen LogP) is -0.402. The summed E-state index contributed by atoms with van der Waals surface area (Å²) in [7, 11) is 0. The number of nitrogens with one attached hydrogen (secondary N) is 1. The van der Waals surface area contributed by atoms with Gasteiger partial charge in [-0.1, -0.05) is 0 Å². The molecule has 0 saturated carbocycles. The van der Waals surface area contributed by atoms with Crippen LogP contribution in [0.15, 0.2) is 12.4 Å². The highest BCUT2D eigenvalue weighted by molar-refractivity contribution is 5.94. The van der Waals surface area contributed by atoms with Crippen molar-refractivity contribution in [2.45, 2.75) is 19.1 Å². The number of aromatic amines is 1. The molecule has 2 unspecified atom stereocenters. The molecule has 1 aromatic rings. The van der Waals surface area contributed by atoms with E-state index in [0.29, 0.717) is 25.3 Å². The summed E-state index contributed by atoms with van der Waals surface area (Å²) in [5, 5.41) is 6.41. The van der Waals surface area contributed by atoms with E-state index in [0.717, 1.165) is 0 Å². The quantitative estimate of drug-likeness (QED) is 0.715. The van der Waals surface area contributed by atoms with Crippen LogP contribution in [0.4, 0.5) is 0 Å². The smallest absolute Gasteiger partial charge is 0.257 e. The van der Waals surface area contributed by atoms with E-state index in [1.54, 1.807) is 11.1 Å². The van der Waals surface area contributed by atoms with Crippen LogP contribution in [0.3, 0.4) is 0 Å². The van der Waals surface area contributed by atoms with Crippen LogP contribution < -0.4 is 5.73 Å². The molecule has 6 heteroatoms. The summed E-state index contributed by atoms with van der Waals surface area (Å²) >= 11 is 0. The van der Waals surface area contributed by atoms with Crippen LogP contribution in [0.25, 0.3) is 0 Å². The van der Waals surface area contributed by atoms with Crippen LogP contribution in [-0.4, -0.2) is 52.8 Å². The van der Waals surface area contributed by atoms with Gasteiger partial charge in [0.15, 0.2) is 0 Å². The third kappa shape index (κ3) is 2.07. The monoisotopic (exact) mass is 224 g/mol. The number of H-pyrrole nitrogens is 1. The third-order valence-electron chi connectivity index (χ3n) is 2.77. The van der Waals surface area contributed by atoms with Gasteiger partial charge in [-0.25, -0.2) is 0 Å². The highest BCUT2D eigenvalue weighted by atomic mass is 16.5. The molecular formula is C10H16N4O2. The van der Waals surface area contributed by atoms with Crippen LogP contribution in [0, 0.1) is 0 Å². The number of nitrogens with zero attached hydrogens (tertiary/aromatic N) is 2. The van der Waals surface area contributed by atoms with Gasteiger partial charge in [-0.15, -0.1) is 0 Å². The Labute approximate surface area is 93.8 Å². The molecule has 0 radical (unpaired) electrons. The summed E-state index contributed by atoms with van der Waals surface area (Å²) < 4.78 is 5.49. The van der Waals surface area contributed by atoms with E-state index in [1.807, 2.05) is 6.92 Å². The molecule has 2 rings (SSSR count). The van der Waals surface area contributed by atoms with Crippen LogP contribution in [0.2, 0.25) is 0 Å². The Morgan fingerprint density at radius 2 is 2.62 bits per heavy atom. The van der Waals surface area contributed by atoms with Gasteiger partial charge in [-0.3, -0.25) is 9.89 Å². The van der Waals surface area contributed by atoms with Crippen molar-refractivity contribution in [3.63, 3.8) is 0 Å². The van der Waals surface area contributed by atoms with Crippen molar-refractivity contribution in [3.05, 3.63) is 18.0 Å². The number of morpholine rings is 1. The average molecular weight is 224 g/mol. The molecular weight excluding hydrogens is 208 g/mol. The molecule has 1 aliphatic rings. The maximum atomic E-state index is 12.1. The van der Waals surface area contributed by atoms with E-state index >= 15 is 0 Å². The zero-order chi connectivity index (χ0) is 11.5. The van der Waals surface area contributed by atoms with Crippen molar-refractivity contribution in [2.75, 3.05) is 19.7 Å². The minimum Gasteiger partial charge on any atom is -0.373 e. The van der Waals surface area contributed by atoms with Gasteiger partial charge in [0.1, 0.15) is 0 Å². The molecule has 0 aliphatic carbocycles. The van der Waals surface area contributed by atoms with Crippen molar-refractivity contribution in [2.24, 2.45) is 5.73 Å². The van der Waals surface area contributed by atoms with Gasteiger partial charge in [-0.05, 0) is 6.92 Å². The number of ether oxygens (including phenoxy) is 1. The summed E-state index contributed by atoms with van der Waals surface area (Å²) in [4.78, 5) is 13.9. The van der Waals surface area contributed by atoms with E-state index < -0.39 is 0 Å². The minimum atomic E-state index is -0.0629. The molecule has 88 valence electrons. The van der Waals surface area contributed by atoms with Gasteiger partial charge < -0.3 is 15.4 Å². The molecule has 0 spiro atoms. The fraction of sp³-hybridized carbons (Fsp3) is 0.600. The van der Waals surface area contributed by atoms with E-state index in [2.05, 4.69) is 10.2 Å². The maximum Gasteiger partial charge on any atom is 0.257 e. The number of carbonyl (C=O) groups excluding carboxylic acids is 1. The summed E-state index contributed by atoms with van der Waals surface area (Å²) in [5.41, 5.74) is 6.12. The maximum absolute atomic E-state index is 12.1. The molecule has 6 nitrogen and oxygen atoms in total. The van der Waals surface area contributed by atoms with E-state index in [1.165, 1.54) is 6.20 Å². The molecule has 1 amide bonds. The lowest BCUT2D eigenvalue weighted by Crippen LogP contribution is -2.52. The van der Waals surface area contributed by atoms with Crippen molar-refractivity contribution in [1.82, 2.24) is 15.1 Å². The molecule has 1 aliphatic heterocycles. The SMILES string of the molecule is CC1COC(CN)CN1C(=O)c1cn[nH]c1. The first-order valence-electron chi connectivity index (χ1n) is 5.33. The Balaban J connectivity index is 2.09. The molecule has 0 aromatic carbocycles. The van der Waals surface area contributed by atoms with Crippen molar-refractivity contribution in [3.8, 4) is 0 Å². The third-order valence-corrected chi connectivity index (χ3v) is 2.77. The number of carbonyl (C=O) groups is 1. The van der Waals surface area contributed by atoms with Gasteiger partial charge in [0.05, 0.1) is 30.5 Å². The van der Waals surface area contributed by atoms with E-state index in [4.69, 9.17) is 10.5 Å². The van der Waals surface area contributed by atoms with Crippen molar-refractivity contribution in [1.29, 1.82) is 0 Å². The van der Waals surface area contributed by atoms with E-state index in [-0.39, 0.29) is 18.1 Å². The number of amides is 1. The second kappa shape index (κ2) is 4.63. The Morgan fingerprint density at radius 3 is 3.25 bits per heavy atom. The van der Waals surface area contributed by atoms with Gasteiger partial charge >= 0.3 is 0 Å². The fourth-order valence-corrected chi connectivity index (χ4v) is 1.78. The number of aromatic nitrogens is 2. The number of rotatable bonds is 2. The fourth-order valence-electron chi connectivity index (χ4n) is 1.78. The first kappa shape index (κ1) is 11.1. The highest BCUT2D eigenvalue weighted by Gasteiger charge is 2.29. The predicted molar refractivity (Wildman–Crippen MR) is 57.9 cm³/mol. The number of hydrogen-bond acceptors (Lipinski definition) is 4. The highest BCUT2D eigenvalue weighted by Crippen LogP contribution is 2.14. The Morgan fingerprint density at radius 1 is 1.81 bits per heavy atom. The molecule has 3 N–H and O–H groups in total. The van der Waals surface area contributed by atoms with Crippen molar-refractivity contribution >= 4 is 5.91 Å². The molecule has 1 fully saturated rings. The summed E-state index contributed by atoms with van der Waals surface area (Å²) in [6.07, 6.45) is 3.07. The summed E-state index contributed by atoms with van der Waals surface area (Å²) in [6, 6.07) is 0.0743. The second-order valence-electron chi connectivity index (χ2n) is 3.98. The Hall–Kier alpha value is -1.40. The molecule has 1 aromatic heterocycles. The lowest BCUT2D eigenvalue weighted by atomic mass is 10.1. The normalized spacial score (nSPS) is 25.8. The number of hydrogen-bond donors (Lipinski definition) is 2. The van der Waals surface area contributed by atoms with Crippen LogP contribution in [0.1, 0.15) is 17.3 Å². The average Bonchev–Trinajstić information content (AvgIpc) is 2.82. The Bertz CT molecular complexity index is 352.